The molecule has 294 valence electrons. The SMILES string of the molecule is CCCC(NC(=O)C1CCCN1C(=O)CC(NC(=O)OC(C)(C)CC)C1CCCCC1)C(=O)C(=O)NCC(=O)N[C@@H](CC(=O)N(C)C)c1ccccc1. The number of hydrogen-bond acceptors (Lipinski definition) is 8. The Morgan fingerprint density at radius 2 is 1.57 bits per heavy atom. The van der Waals surface area contributed by atoms with Crippen LogP contribution >= 0.6 is 0 Å². The first kappa shape index (κ1) is 42.9. The molecule has 14 heteroatoms. The van der Waals surface area contributed by atoms with Crippen LogP contribution in [0.5, 0.6) is 0 Å². The third-order valence-electron chi connectivity index (χ3n) is 10.3. The van der Waals surface area contributed by atoms with Gasteiger partial charge in [-0.15, -0.1) is 0 Å². The van der Waals surface area contributed by atoms with Crippen LogP contribution in [0.15, 0.2) is 30.3 Å². The van der Waals surface area contributed by atoms with Crippen molar-refractivity contribution in [3.8, 4) is 0 Å². The molecule has 3 rings (SSSR count). The van der Waals surface area contributed by atoms with E-state index in [-0.39, 0.29) is 37.0 Å². The molecule has 1 aromatic rings. The van der Waals surface area contributed by atoms with Crippen molar-refractivity contribution in [3.05, 3.63) is 35.9 Å². The Morgan fingerprint density at radius 3 is 2.19 bits per heavy atom. The number of alkyl carbamates (subject to hydrolysis) is 1. The van der Waals surface area contributed by atoms with E-state index >= 15 is 0 Å². The van der Waals surface area contributed by atoms with Crippen molar-refractivity contribution in [1.82, 2.24) is 31.1 Å². The fourth-order valence-corrected chi connectivity index (χ4v) is 6.79. The van der Waals surface area contributed by atoms with Crippen LogP contribution in [0.2, 0.25) is 0 Å². The lowest BCUT2D eigenvalue weighted by Crippen LogP contribution is -2.54. The quantitative estimate of drug-likeness (QED) is 0.165. The van der Waals surface area contributed by atoms with Crippen molar-refractivity contribution in [2.45, 2.75) is 135 Å². The first-order chi connectivity index (χ1) is 25.1. The molecule has 6 amide bonds. The summed E-state index contributed by atoms with van der Waals surface area (Å²) in [7, 11) is 3.24. The van der Waals surface area contributed by atoms with Gasteiger partial charge >= 0.3 is 6.09 Å². The highest BCUT2D eigenvalue weighted by molar-refractivity contribution is 6.38. The van der Waals surface area contributed by atoms with Crippen LogP contribution in [0.3, 0.4) is 0 Å². The maximum absolute atomic E-state index is 13.8. The molecule has 14 nitrogen and oxygen atoms in total. The molecule has 2 fully saturated rings. The number of nitrogens with zero attached hydrogens (tertiary/aromatic N) is 2. The number of hydrogen-bond donors (Lipinski definition) is 4. The summed E-state index contributed by atoms with van der Waals surface area (Å²) in [5, 5.41) is 10.8. The van der Waals surface area contributed by atoms with Crippen molar-refractivity contribution in [2.24, 2.45) is 5.92 Å². The molecule has 0 aromatic heterocycles. The Bertz CT molecular complexity index is 1430. The number of amides is 6. The number of carbonyl (C=O) groups is 7. The second-order valence-corrected chi connectivity index (χ2v) is 15.0. The highest BCUT2D eigenvalue weighted by atomic mass is 16.6. The minimum atomic E-state index is -1.16. The zero-order chi connectivity index (χ0) is 39.1. The molecule has 2 aliphatic rings. The molecule has 3 unspecified atom stereocenters. The van der Waals surface area contributed by atoms with Crippen molar-refractivity contribution in [2.75, 3.05) is 27.2 Å². The number of ketones is 1. The highest BCUT2D eigenvalue weighted by Gasteiger charge is 2.39. The molecule has 1 saturated heterocycles. The number of Topliss-reactive ketones (excluding diaryl/α,β-unsaturated/α-hetero) is 1. The first-order valence-electron chi connectivity index (χ1n) is 19.1. The fraction of sp³-hybridized carbons (Fsp3) is 0.667. The molecule has 0 radical (unpaired) electrons. The van der Waals surface area contributed by atoms with Gasteiger partial charge < -0.3 is 35.8 Å². The standard InChI is InChI=1S/C39H60N6O8/c1-7-16-28(35(49)37(51)40-25-32(46)41-29(23-33(47)44(5)6)26-17-11-9-12-18-26)42-36(50)31-21-15-22-45(31)34(48)24-30(27-19-13-10-14-20-27)43-38(52)53-39(3,4)8-2/h9,11-12,17-18,27-31H,7-8,10,13-16,19-25H2,1-6H3,(H,40,51)(H,41,46)(H,42,50)(H,43,52)/t28?,29-,30?,31?/m0/s1. The molecular formula is C39H60N6O8. The van der Waals surface area contributed by atoms with Crippen LogP contribution in [0.1, 0.15) is 116 Å². The molecule has 1 aromatic carbocycles. The van der Waals surface area contributed by atoms with E-state index in [1.807, 2.05) is 33.8 Å². The summed E-state index contributed by atoms with van der Waals surface area (Å²) in [6.45, 7) is 7.25. The summed E-state index contributed by atoms with van der Waals surface area (Å²) < 4.78 is 5.63. The van der Waals surface area contributed by atoms with E-state index in [4.69, 9.17) is 4.74 Å². The van der Waals surface area contributed by atoms with Crippen LogP contribution < -0.4 is 21.3 Å². The zero-order valence-electron chi connectivity index (χ0n) is 32.3. The van der Waals surface area contributed by atoms with Crippen LogP contribution in [-0.2, 0) is 33.5 Å². The van der Waals surface area contributed by atoms with Crippen LogP contribution in [0.4, 0.5) is 4.79 Å². The lowest BCUT2D eigenvalue weighted by Gasteiger charge is -2.33. The summed E-state index contributed by atoms with van der Waals surface area (Å²) in [6.07, 6.45) is 6.62. The van der Waals surface area contributed by atoms with Gasteiger partial charge in [0.1, 0.15) is 11.6 Å². The molecule has 53 heavy (non-hydrogen) atoms. The summed E-state index contributed by atoms with van der Waals surface area (Å²) in [4.78, 5) is 94.7. The Morgan fingerprint density at radius 1 is 0.887 bits per heavy atom. The molecule has 1 aliphatic heterocycles. The molecule has 1 heterocycles. The fourth-order valence-electron chi connectivity index (χ4n) is 6.79. The smallest absolute Gasteiger partial charge is 0.407 e. The Balaban J connectivity index is 1.61. The number of carbonyl (C=O) groups excluding carboxylic acids is 7. The first-order valence-corrected chi connectivity index (χ1v) is 19.1. The van der Waals surface area contributed by atoms with E-state index in [1.54, 1.807) is 38.4 Å². The van der Waals surface area contributed by atoms with Gasteiger partial charge in [0.15, 0.2) is 0 Å². The van der Waals surface area contributed by atoms with Gasteiger partial charge in [0.05, 0.1) is 25.0 Å². The normalized spacial score (nSPS) is 17.8. The number of likely N-dealkylation sites (tertiary alicyclic amines) is 1. The number of ether oxygens (including phenoxy) is 1. The molecule has 0 bridgehead atoms. The van der Waals surface area contributed by atoms with Gasteiger partial charge in [-0.2, -0.15) is 0 Å². The van der Waals surface area contributed by atoms with Gasteiger partial charge in [0, 0.05) is 33.1 Å². The monoisotopic (exact) mass is 740 g/mol. The Kier molecular flexibility index (Phi) is 16.7. The van der Waals surface area contributed by atoms with E-state index < -0.39 is 65.9 Å². The molecule has 1 aliphatic carbocycles. The van der Waals surface area contributed by atoms with Crippen LogP contribution in [0.25, 0.3) is 0 Å². The molecule has 1 saturated carbocycles. The van der Waals surface area contributed by atoms with E-state index in [0.29, 0.717) is 37.8 Å². The Hall–Kier alpha value is -4.49. The van der Waals surface area contributed by atoms with Crippen LogP contribution in [-0.4, -0.2) is 102 Å². The van der Waals surface area contributed by atoms with Gasteiger partial charge in [-0.1, -0.05) is 69.9 Å². The summed E-state index contributed by atoms with van der Waals surface area (Å²) >= 11 is 0. The minimum absolute atomic E-state index is 0.00250. The maximum Gasteiger partial charge on any atom is 0.407 e. The predicted molar refractivity (Wildman–Crippen MR) is 199 cm³/mol. The second kappa shape index (κ2) is 20.7. The molecule has 4 N–H and O–H groups in total. The summed E-state index contributed by atoms with van der Waals surface area (Å²) in [5.74, 6) is -3.41. The van der Waals surface area contributed by atoms with Gasteiger partial charge in [-0.3, -0.25) is 28.8 Å². The highest BCUT2D eigenvalue weighted by Crippen LogP contribution is 2.30. The molecule has 4 atom stereocenters. The van der Waals surface area contributed by atoms with Crippen molar-refractivity contribution in [1.29, 1.82) is 0 Å². The Labute approximate surface area is 313 Å². The lowest BCUT2D eigenvalue weighted by molar-refractivity contribution is -0.142. The topological polar surface area (TPSA) is 183 Å². The summed E-state index contributed by atoms with van der Waals surface area (Å²) in [5.41, 5.74) is 0.0562. The van der Waals surface area contributed by atoms with E-state index in [9.17, 15) is 33.6 Å². The molecular weight excluding hydrogens is 680 g/mol. The summed E-state index contributed by atoms with van der Waals surface area (Å²) in [6, 6.07) is 5.88. The number of rotatable bonds is 18. The van der Waals surface area contributed by atoms with E-state index in [0.717, 1.165) is 32.1 Å². The van der Waals surface area contributed by atoms with Gasteiger partial charge in [-0.05, 0) is 63.9 Å². The lowest BCUT2D eigenvalue weighted by atomic mass is 9.82. The van der Waals surface area contributed by atoms with Crippen LogP contribution in [0, 0.1) is 5.92 Å². The number of nitrogens with one attached hydrogen (secondary N) is 4. The zero-order valence-corrected chi connectivity index (χ0v) is 32.3. The second-order valence-electron chi connectivity index (χ2n) is 15.0. The van der Waals surface area contributed by atoms with Crippen molar-refractivity contribution >= 4 is 41.4 Å². The predicted octanol–water partition coefficient (Wildman–Crippen LogP) is 3.54. The average Bonchev–Trinajstić information content (AvgIpc) is 3.64. The van der Waals surface area contributed by atoms with Crippen molar-refractivity contribution in [3.63, 3.8) is 0 Å². The van der Waals surface area contributed by atoms with E-state index in [2.05, 4.69) is 21.3 Å². The largest absolute Gasteiger partial charge is 0.444 e. The minimum Gasteiger partial charge on any atom is -0.444 e. The third-order valence-corrected chi connectivity index (χ3v) is 10.3. The molecule has 0 spiro atoms. The number of benzene rings is 1. The van der Waals surface area contributed by atoms with E-state index in [1.165, 1.54) is 9.80 Å². The third kappa shape index (κ3) is 13.5. The average molecular weight is 741 g/mol. The van der Waals surface area contributed by atoms with Gasteiger partial charge in [-0.25, -0.2) is 4.79 Å². The van der Waals surface area contributed by atoms with Gasteiger partial charge in [0.2, 0.25) is 29.4 Å². The van der Waals surface area contributed by atoms with Crippen molar-refractivity contribution < 1.29 is 38.3 Å². The van der Waals surface area contributed by atoms with Gasteiger partial charge in [0.25, 0.3) is 5.91 Å². The maximum atomic E-state index is 13.8.